The Hall–Kier alpha value is -2.90. The number of alkyl halides is 1. The number of amides is 2. The lowest BCUT2D eigenvalue weighted by Crippen LogP contribution is -2.60. The molecule has 11 nitrogen and oxygen atoms in total. The van der Waals surface area contributed by atoms with E-state index >= 15 is 4.39 Å². The molecule has 0 aromatic carbocycles. The van der Waals surface area contributed by atoms with Gasteiger partial charge in [0.15, 0.2) is 6.17 Å². The second-order valence-electron chi connectivity index (χ2n) is 10.1. The van der Waals surface area contributed by atoms with Gasteiger partial charge in [0, 0.05) is 36.5 Å². The van der Waals surface area contributed by atoms with Crippen LogP contribution < -0.4 is 10.5 Å². The Morgan fingerprint density at radius 1 is 1.23 bits per heavy atom. The predicted octanol–water partition coefficient (Wildman–Crippen LogP) is 3.23. The number of primary amides is 1. The SMILES string of the molecule is CC(C)(C)C1C(F)C(Oc2ncc(-c3cnn(C4CS(O)(O)C4)c3)cc2C(N)=O)CCN1C(=O)O. The van der Waals surface area contributed by atoms with E-state index in [0.717, 1.165) is 4.90 Å². The van der Waals surface area contributed by atoms with Crippen LogP contribution in [0.3, 0.4) is 0 Å². The summed E-state index contributed by atoms with van der Waals surface area (Å²) in [5, 5.41) is 13.8. The minimum absolute atomic E-state index is 0.0340. The van der Waals surface area contributed by atoms with E-state index in [2.05, 4.69) is 10.1 Å². The van der Waals surface area contributed by atoms with Gasteiger partial charge in [0.25, 0.3) is 5.91 Å². The number of halogens is 1. The van der Waals surface area contributed by atoms with Crippen LogP contribution in [0.4, 0.5) is 9.18 Å². The van der Waals surface area contributed by atoms with Crippen LogP contribution in [0.5, 0.6) is 5.88 Å². The fraction of sp³-hybridized carbons (Fsp3) is 0.545. The Bertz CT molecular complexity index is 1130. The Morgan fingerprint density at radius 3 is 2.49 bits per heavy atom. The summed E-state index contributed by atoms with van der Waals surface area (Å²) >= 11 is 0. The smallest absolute Gasteiger partial charge is 0.407 e. The molecule has 5 N–H and O–H groups in total. The van der Waals surface area contributed by atoms with Crippen LogP contribution in [0.2, 0.25) is 0 Å². The molecular weight excluding hydrogens is 481 g/mol. The van der Waals surface area contributed by atoms with E-state index in [1.165, 1.54) is 12.3 Å². The lowest BCUT2D eigenvalue weighted by atomic mass is 9.78. The van der Waals surface area contributed by atoms with Crippen molar-refractivity contribution in [2.24, 2.45) is 11.1 Å². The molecule has 2 amide bonds. The van der Waals surface area contributed by atoms with Crippen LogP contribution in [-0.4, -0.2) is 82.2 Å². The molecule has 0 aliphatic carbocycles. The van der Waals surface area contributed by atoms with Gasteiger partial charge in [-0.2, -0.15) is 15.7 Å². The van der Waals surface area contributed by atoms with E-state index in [1.807, 2.05) is 0 Å². The molecular formula is C22H30FN5O6S. The van der Waals surface area contributed by atoms with Gasteiger partial charge in [-0.25, -0.2) is 14.2 Å². The Balaban J connectivity index is 1.56. The maximum atomic E-state index is 15.5. The molecule has 2 aliphatic rings. The third-order valence-electron chi connectivity index (χ3n) is 6.39. The highest BCUT2D eigenvalue weighted by molar-refractivity contribution is 8.25. The molecule has 2 aromatic rings. The zero-order valence-corrected chi connectivity index (χ0v) is 20.5. The van der Waals surface area contributed by atoms with Crippen LogP contribution in [-0.2, 0) is 0 Å². The predicted molar refractivity (Wildman–Crippen MR) is 127 cm³/mol. The number of likely N-dealkylation sites (tertiary alicyclic amines) is 1. The first-order valence-electron chi connectivity index (χ1n) is 11.1. The minimum Gasteiger partial charge on any atom is -0.471 e. The third kappa shape index (κ3) is 5.07. The first kappa shape index (κ1) is 25.2. The number of carbonyl (C=O) groups is 2. The molecule has 192 valence electrons. The standard InChI is InChI=1S/C22H30FN5O6S/c1-22(2,3)18-17(23)16(4-5-27(18)21(30)31)34-20-15(19(24)29)6-12(7-25-20)13-8-26-28(9-13)14-10-35(32,33)11-14/h6-9,14,16-18,32-33H,4-5,10-11H2,1-3H3,(H2,24,29)(H,30,31). The molecule has 4 heterocycles. The maximum Gasteiger partial charge on any atom is 0.407 e. The van der Waals surface area contributed by atoms with Crippen LogP contribution in [0, 0.1) is 5.41 Å². The van der Waals surface area contributed by atoms with Gasteiger partial charge in [0.05, 0.1) is 29.8 Å². The maximum absolute atomic E-state index is 15.5. The quantitative estimate of drug-likeness (QED) is 0.475. The third-order valence-corrected chi connectivity index (χ3v) is 8.22. The van der Waals surface area contributed by atoms with Crippen LogP contribution >= 0.6 is 10.6 Å². The lowest BCUT2D eigenvalue weighted by molar-refractivity contribution is -0.0526. The molecule has 0 spiro atoms. The van der Waals surface area contributed by atoms with Gasteiger partial charge in [-0.15, -0.1) is 0 Å². The van der Waals surface area contributed by atoms with Crippen molar-refractivity contribution in [1.29, 1.82) is 0 Å². The number of carboxylic acid groups (broad SMARTS) is 1. The number of aromatic nitrogens is 3. The normalized spacial score (nSPS) is 25.5. The number of rotatable bonds is 5. The molecule has 2 aliphatic heterocycles. The molecule has 3 unspecified atom stereocenters. The molecule has 2 saturated heterocycles. The summed E-state index contributed by atoms with van der Waals surface area (Å²) in [7, 11) is -2.52. The van der Waals surface area contributed by atoms with Crippen molar-refractivity contribution in [3.05, 3.63) is 30.2 Å². The summed E-state index contributed by atoms with van der Waals surface area (Å²) < 4.78 is 42.2. The van der Waals surface area contributed by atoms with E-state index in [4.69, 9.17) is 10.5 Å². The van der Waals surface area contributed by atoms with Crippen molar-refractivity contribution in [1.82, 2.24) is 19.7 Å². The summed E-state index contributed by atoms with van der Waals surface area (Å²) in [6.45, 7) is 5.36. The topological polar surface area (TPSA) is 164 Å². The van der Waals surface area contributed by atoms with E-state index in [-0.39, 0.29) is 42.0 Å². The minimum atomic E-state index is -2.52. The fourth-order valence-electron chi connectivity index (χ4n) is 4.65. The Kier molecular flexibility index (Phi) is 6.45. The van der Waals surface area contributed by atoms with Crippen LogP contribution in [0.1, 0.15) is 43.6 Å². The number of piperidine rings is 1. The molecule has 0 radical (unpaired) electrons. The molecule has 35 heavy (non-hydrogen) atoms. The molecule has 3 atom stereocenters. The second kappa shape index (κ2) is 8.95. The fourth-order valence-corrected chi connectivity index (χ4v) is 6.09. The van der Waals surface area contributed by atoms with Crippen molar-refractivity contribution >= 4 is 22.6 Å². The van der Waals surface area contributed by atoms with Crippen LogP contribution in [0.25, 0.3) is 11.1 Å². The lowest BCUT2D eigenvalue weighted by Gasteiger charge is -2.46. The first-order chi connectivity index (χ1) is 16.3. The first-order valence-corrected chi connectivity index (χ1v) is 13.0. The number of ether oxygens (including phenoxy) is 1. The highest BCUT2D eigenvalue weighted by Gasteiger charge is 2.48. The van der Waals surface area contributed by atoms with E-state index in [0.29, 0.717) is 11.1 Å². The Labute approximate surface area is 203 Å². The molecule has 0 saturated carbocycles. The zero-order valence-electron chi connectivity index (χ0n) is 19.7. The molecule has 2 aromatic heterocycles. The number of hydrogen-bond acceptors (Lipinski definition) is 7. The highest BCUT2D eigenvalue weighted by Crippen LogP contribution is 2.53. The monoisotopic (exact) mass is 511 g/mol. The van der Waals surface area contributed by atoms with Crippen molar-refractivity contribution in [2.75, 3.05) is 18.1 Å². The number of nitrogens with two attached hydrogens (primary N) is 1. The van der Waals surface area contributed by atoms with Gasteiger partial charge in [-0.1, -0.05) is 20.8 Å². The zero-order chi connectivity index (χ0) is 25.7. The summed E-state index contributed by atoms with van der Waals surface area (Å²) in [6.07, 6.45) is 0.989. The molecule has 2 fully saturated rings. The van der Waals surface area contributed by atoms with Gasteiger partial charge in [0.1, 0.15) is 11.7 Å². The molecule has 4 rings (SSSR count). The van der Waals surface area contributed by atoms with E-state index < -0.39 is 46.3 Å². The number of carbonyl (C=O) groups excluding carboxylic acids is 1. The van der Waals surface area contributed by atoms with E-state index in [1.54, 1.807) is 37.8 Å². The van der Waals surface area contributed by atoms with Crippen LogP contribution in [0.15, 0.2) is 24.7 Å². The summed E-state index contributed by atoms with van der Waals surface area (Å²) in [4.78, 5) is 29.2. The van der Waals surface area contributed by atoms with Crippen molar-refractivity contribution in [3.8, 4) is 17.0 Å². The Morgan fingerprint density at radius 2 is 1.91 bits per heavy atom. The van der Waals surface area contributed by atoms with Gasteiger partial charge < -0.3 is 20.5 Å². The summed E-state index contributed by atoms with van der Waals surface area (Å²) in [6, 6.07) is 0.432. The van der Waals surface area contributed by atoms with Gasteiger partial charge in [-0.05, 0) is 11.5 Å². The summed E-state index contributed by atoms with van der Waals surface area (Å²) in [5.41, 5.74) is 6.02. The van der Waals surface area contributed by atoms with Gasteiger partial charge in [-0.3, -0.25) is 18.6 Å². The molecule has 0 bridgehead atoms. The van der Waals surface area contributed by atoms with Crippen molar-refractivity contribution in [2.45, 2.75) is 51.6 Å². The number of pyridine rings is 1. The average Bonchev–Trinajstić information content (AvgIpc) is 3.22. The van der Waals surface area contributed by atoms with Crippen molar-refractivity contribution < 1.29 is 32.9 Å². The average molecular weight is 512 g/mol. The number of hydrogen-bond donors (Lipinski definition) is 4. The molecule has 13 heteroatoms. The van der Waals surface area contributed by atoms with Gasteiger partial charge >= 0.3 is 6.09 Å². The van der Waals surface area contributed by atoms with Crippen molar-refractivity contribution in [3.63, 3.8) is 0 Å². The second-order valence-corrected chi connectivity index (χ2v) is 12.4. The largest absolute Gasteiger partial charge is 0.471 e. The van der Waals surface area contributed by atoms with Gasteiger partial charge in [0.2, 0.25) is 5.88 Å². The van der Waals surface area contributed by atoms with E-state index in [9.17, 15) is 23.8 Å². The summed E-state index contributed by atoms with van der Waals surface area (Å²) in [5.74, 6) is -0.440. The number of nitrogens with zero attached hydrogens (tertiary/aromatic N) is 4. The highest BCUT2D eigenvalue weighted by atomic mass is 32.3.